The number of alkyl halides is 3. The Bertz CT molecular complexity index is 1140. The number of aromatic amines is 1. The molecule has 0 bridgehead atoms. The van der Waals surface area contributed by atoms with Crippen molar-refractivity contribution >= 4 is 11.8 Å². The van der Waals surface area contributed by atoms with E-state index < -0.39 is 11.7 Å². The summed E-state index contributed by atoms with van der Waals surface area (Å²) in [4.78, 5) is 8.61. The largest absolute Gasteiger partial charge is 0.416 e. The first-order chi connectivity index (χ1) is 14.4. The summed E-state index contributed by atoms with van der Waals surface area (Å²) in [7, 11) is 0. The van der Waals surface area contributed by atoms with Gasteiger partial charge in [-0.3, -0.25) is 5.10 Å². The van der Waals surface area contributed by atoms with Crippen molar-refractivity contribution in [2.24, 2.45) is 0 Å². The summed E-state index contributed by atoms with van der Waals surface area (Å²) < 4.78 is 43.8. The molecular weight excluding hydrogens is 415 g/mol. The van der Waals surface area contributed by atoms with Crippen molar-refractivity contribution in [3.63, 3.8) is 0 Å². The van der Waals surface area contributed by atoms with E-state index in [1.54, 1.807) is 0 Å². The summed E-state index contributed by atoms with van der Waals surface area (Å²) >= 11 is 1.28. The molecule has 154 valence electrons. The summed E-state index contributed by atoms with van der Waals surface area (Å²) in [5.74, 6) is 1.31. The van der Waals surface area contributed by atoms with Crippen LogP contribution in [-0.2, 0) is 18.3 Å². The van der Waals surface area contributed by atoms with E-state index in [0.29, 0.717) is 11.0 Å². The molecule has 1 N–H and O–H groups in total. The zero-order chi connectivity index (χ0) is 21.1. The molecule has 0 aliphatic rings. The first kappa shape index (κ1) is 20.1. The maximum absolute atomic E-state index is 12.9. The normalized spacial score (nSPS) is 11.7. The quantitative estimate of drug-likeness (QED) is 0.412. The van der Waals surface area contributed by atoms with Gasteiger partial charge in [-0.15, -0.1) is 5.10 Å². The van der Waals surface area contributed by atoms with Crippen LogP contribution in [0.5, 0.6) is 0 Å². The van der Waals surface area contributed by atoms with Crippen molar-refractivity contribution in [1.29, 1.82) is 0 Å². The van der Waals surface area contributed by atoms with Crippen LogP contribution in [0.1, 0.15) is 23.9 Å². The molecule has 0 aliphatic heterocycles. The fraction of sp³-hybridized carbons (Fsp3) is 0.200. The fourth-order valence-electron chi connectivity index (χ4n) is 2.73. The summed E-state index contributed by atoms with van der Waals surface area (Å²) in [5, 5.41) is 11.3. The Kier molecular flexibility index (Phi) is 5.58. The van der Waals surface area contributed by atoms with E-state index in [9.17, 15) is 13.2 Å². The van der Waals surface area contributed by atoms with Crippen LogP contribution < -0.4 is 0 Å². The molecule has 0 saturated heterocycles. The van der Waals surface area contributed by atoms with Crippen molar-refractivity contribution in [2.45, 2.75) is 30.4 Å². The summed E-state index contributed by atoms with van der Waals surface area (Å²) in [5.41, 5.74) is 1.64. The molecule has 10 heteroatoms. The molecule has 0 aliphatic carbocycles. The molecule has 30 heavy (non-hydrogen) atoms. The molecule has 2 aromatic heterocycles. The Balaban J connectivity index is 1.42. The van der Waals surface area contributed by atoms with Gasteiger partial charge in [-0.05, 0) is 24.1 Å². The van der Waals surface area contributed by atoms with Gasteiger partial charge < -0.3 is 4.52 Å². The van der Waals surface area contributed by atoms with E-state index in [1.807, 2.05) is 24.3 Å². The topological polar surface area (TPSA) is 80.5 Å². The first-order valence-corrected chi connectivity index (χ1v) is 10.1. The van der Waals surface area contributed by atoms with E-state index in [2.05, 4.69) is 32.2 Å². The second-order valence-electron chi connectivity index (χ2n) is 6.40. The molecule has 0 unspecified atom stereocenters. The molecule has 2 heterocycles. The van der Waals surface area contributed by atoms with E-state index >= 15 is 0 Å². The van der Waals surface area contributed by atoms with Crippen LogP contribution in [0.15, 0.2) is 58.2 Å². The SMILES string of the molecule is CCc1ccc(-c2nc(SCc3nc(-c4cccc(C(F)(F)F)c4)no3)n[nH]2)cc1. The highest BCUT2D eigenvalue weighted by atomic mass is 32.2. The Morgan fingerprint density at radius 1 is 1.03 bits per heavy atom. The van der Waals surface area contributed by atoms with Crippen molar-refractivity contribution in [2.75, 3.05) is 0 Å². The van der Waals surface area contributed by atoms with Gasteiger partial charge >= 0.3 is 6.18 Å². The zero-order valence-electron chi connectivity index (χ0n) is 15.8. The van der Waals surface area contributed by atoms with Gasteiger partial charge in [-0.1, -0.05) is 60.2 Å². The average Bonchev–Trinajstić information content (AvgIpc) is 3.42. The van der Waals surface area contributed by atoms with E-state index in [-0.39, 0.29) is 23.0 Å². The third kappa shape index (κ3) is 4.54. The fourth-order valence-corrected chi connectivity index (χ4v) is 3.37. The first-order valence-electron chi connectivity index (χ1n) is 9.07. The molecule has 4 aromatic rings. The van der Waals surface area contributed by atoms with Crippen molar-refractivity contribution in [3.05, 3.63) is 65.5 Å². The second-order valence-corrected chi connectivity index (χ2v) is 7.34. The highest BCUT2D eigenvalue weighted by Crippen LogP contribution is 2.31. The smallest absolute Gasteiger partial charge is 0.338 e. The minimum atomic E-state index is -4.43. The molecule has 0 spiro atoms. The maximum Gasteiger partial charge on any atom is 0.416 e. The predicted molar refractivity (Wildman–Crippen MR) is 105 cm³/mol. The number of nitrogens with one attached hydrogen (secondary N) is 1. The van der Waals surface area contributed by atoms with E-state index in [1.165, 1.54) is 29.5 Å². The summed E-state index contributed by atoms with van der Waals surface area (Å²) in [6, 6.07) is 12.8. The molecule has 0 amide bonds. The number of H-pyrrole nitrogens is 1. The van der Waals surface area contributed by atoms with Crippen LogP contribution in [0.4, 0.5) is 13.2 Å². The average molecular weight is 431 g/mol. The monoisotopic (exact) mass is 431 g/mol. The number of thioether (sulfide) groups is 1. The zero-order valence-corrected chi connectivity index (χ0v) is 16.6. The van der Waals surface area contributed by atoms with Gasteiger partial charge in [0, 0.05) is 11.1 Å². The van der Waals surface area contributed by atoms with Crippen LogP contribution in [0, 0.1) is 0 Å². The van der Waals surface area contributed by atoms with Gasteiger partial charge in [0.25, 0.3) is 0 Å². The molecule has 2 aromatic carbocycles. The predicted octanol–water partition coefficient (Wildman–Crippen LogP) is 5.40. The number of aryl methyl sites for hydroxylation is 1. The minimum Gasteiger partial charge on any atom is -0.338 e. The van der Waals surface area contributed by atoms with Crippen molar-refractivity contribution in [3.8, 4) is 22.8 Å². The van der Waals surface area contributed by atoms with Crippen molar-refractivity contribution < 1.29 is 17.7 Å². The van der Waals surface area contributed by atoms with E-state index in [4.69, 9.17) is 4.52 Å². The number of benzene rings is 2. The van der Waals surface area contributed by atoms with Gasteiger partial charge in [0.05, 0.1) is 11.3 Å². The van der Waals surface area contributed by atoms with Crippen LogP contribution in [0.3, 0.4) is 0 Å². The van der Waals surface area contributed by atoms with Crippen molar-refractivity contribution in [1.82, 2.24) is 25.3 Å². The summed E-state index contributed by atoms with van der Waals surface area (Å²) in [6.07, 6.45) is -3.47. The lowest BCUT2D eigenvalue weighted by Gasteiger charge is -2.06. The van der Waals surface area contributed by atoms with Gasteiger partial charge in [0.15, 0.2) is 5.82 Å². The Labute approximate surface area is 173 Å². The standard InChI is InChI=1S/C20H16F3N5OS/c1-2-12-6-8-13(9-7-12)17-25-19(27-26-17)30-11-16-24-18(28-29-16)14-4-3-5-15(10-14)20(21,22)23/h3-10H,2,11H2,1H3,(H,25,26,27). The number of rotatable bonds is 6. The Morgan fingerprint density at radius 3 is 2.57 bits per heavy atom. The number of hydrogen-bond donors (Lipinski definition) is 1. The molecule has 0 fully saturated rings. The number of nitrogens with zero attached hydrogens (tertiary/aromatic N) is 4. The molecule has 6 nitrogen and oxygen atoms in total. The summed E-state index contributed by atoms with van der Waals surface area (Å²) in [6.45, 7) is 2.09. The minimum absolute atomic E-state index is 0.100. The van der Waals surface area contributed by atoms with Crippen LogP contribution >= 0.6 is 11.8 Å². The third-order valence-corrected chi connectivity index (χ3v) is 5.17. The van der Waals surface area contributed by atoms with Gasteiger partial charge in [0.2, 0.25) is 16.9 Å². The van der Waals surface area contributed by atoms with E-state index in [0.717, 1.165) is 24.1 Å². The molecule has 0 atom stereocenters. The second kappa shape index (κ2) is 8.31. The lowest BCUT2D eigenvalue weighted by atomic mass is 10.1. The van der Waals surface area contributed by atoms with Crippen LogP contribution in [-0.4, -0.2) is 25.3 Å². The Hall–Kier alpha value is -3.14. The molecule has 0 saturated carbocycles. The molecule has 0 radical (unpaired) electrons. The number of halogens is 3. The van der Waals surface area contributed by atoms with Gasteiger partial charge in [-0.2, -0.15) is 18.2 Å². The van der Waals surface area contributed by atoms with Crippen LogP contribution in [0.25, 0.3) is 22.8 Å². The highest BCUT2D eigenvalue weighted by molar-refractivity contribution is 7.98. The van der Waals surface area contributed by atoms with Crippen LogP contribution in [0.2, 0.25) is 0 Å². The molecular formula is C20H16F3N5OS. The number of aromatic nitrogens is 5. The maximum atomic E-state index is 12.9. The lowest BCUT2D eigenvalue weighted by Crippen LogP contribution is -2.04. The van der Waals surface area contributed by atoms with Gasteiger partial charge in [-0.25, -0.2) is 4.98 Å². The molecule has 4 rings (SSSR count). The third-order valence-electron chi connectivity index (χ3n) is 4.34. The van der Waals surface area contributed by atoms with Gasteiger partial charge in [0.1, 0.15) is 0 Å². The highest BCUT2D eigenvalue weighted by Gasteiger charge is 2.30. The Morgan fingerprint density at radius 2 is 1.83 bits per heavy atom. The lowest BCUT2D eigenvalue weighted by molar-refractivity contribution is -0.137. The number of hydrogen-bond acceptors (Lipinski definition) is 6.